The quantitative estimate of drug-likeness (QED) is 0.859. The Labute approximate surface area is 122 Å². The topological polar surface area (TPSA) is 64.1 Å². The molecule has 5 nitrogen and oxygen atoms in total. The minimum atomic E-state index is -0.0314. The van der Waals surface area contributed by atoms with Crippen molar-refractivity contribution in [1.82, 2.24) is 9.97 Å². The van der Waals surface area contributed by atoms with Crippen molar-refractivity contribution in [1.29, 1.82) is 0 Å². The Kier molecular flexibility index (Phi) is 4.69. The molecule has 1 fully saturated rings. The number of rotatable bonds is 2. The smallest absolute Gasteiger partial charge is 0.229 e. The first-order valence-corrected chi connectivity index (χ1v) is 7.23. The SMILES string of the molecule is CC1COCCC1C(=O)Nc1ncc(Br)nc1Br. The summed E-state index contributed by atoms with van der Waals surface area (Å²) in [5.41, 5.74) is 0. The van der Waals surface area contributed by atoms with Crippen LogP contribution in [0.5, 0.6) is 0 Å². The van der Waals surface area contributed by atoms with Crippen LogP contribution in [-0.4, -0.2) is 29.1 Å². The number of amides is 1. The first-order valence-electron chi connectivity index (χ1n) is 5.64. The van der Waals surface area contributed by atoms with E-state index < -0.39 is 0 Å². The van der Waals surface area contributed by atoms with Crippen LogP contribution in [0.2, 0.25) is 0 Å². The number of aromatic nitrogens is 2. The third-order valence-corrected chi connectivity index (χ3v) is 3.85. The zero-order chi connectivity index (χ0) is 13.1. The Balaban J connectivity index is 2.06. The van der Waals surface area contributed by atoms with Gasteiger partial charge in [-0.3, -0.25) is 4.79 Å². The van der Waals surface area contributed by atoms with E-state index in [2.05, 4.69) is 47.1 Å². The molecule has 2 heterocycles. The van der Waals surface area contributed by atoms with E-state index >= 15 is 0 Å². The number of hydrogen-bond acceptors (Lipinski definition) is 4. The average molecular weight is 379 g/mol. The summed E-state index contributed by atoms with van der Waals surface area (Å²) in [4.78, 5) is 20.4. The molecule has 1 saturated heterocycles. The van der Waals surface area contributed by atoms with Gasteiger partial charge in [-0.05, 0) is 44.2 Å². The number of ether oxygens (including phenoxy) is 1. The summed E-state index contributed by atoms with van der Waals surface area (Å²) in [5.74, 6) is 0.613. The molecule has 0 radical (unpaired) electrons. The molecule has 2 rings (SSSR count). The second-order valence-electron chi connectivity index (χ2n) is 4.27. The lowest BCUT2D eigenvalue weighted by Gasteiger charge is -2.27. The normalized spacial score (nSPS) is 23.7. The summed E-state index contributed by atoms with van der Waals surface area (Å²) in [6.45, 7) is 3.28. The molecule has 98 valence electrons. The van der Waals surface area contributed by atoms with Crippen LogP contribution in [0.25, 0.3) is 0 Å². The van der Waals surface area contributed by atoms with Gasteiger partial charge in [-0.1, -0.05) is 6.92 Å². The van der Waals surface area contributed by atoms with Crippen LogP contribution >= 0.6 is 31.9 Å². The van der Waals surface area contributed by atoms with E-state index in [1.54, 1.807) is 6.20 Å². The largest absolute Gasteiger partial charge is 0.381 e. The molecule has 18 heavy (non-hydrogen) atoms. The molecule has 0 saturated carbocycles. The van der Waals surface area contributed by atoms with Crippen molar-refractivity contribution in [2.75, 3.05) is 18.5 Å². The van der Waals surface area contributed by atoms with Crippen LogP contribution in [-0.2, 0) is 9.53 Å². The lowest BCUT2D eigenvalue weighted by Crippen LogP contribution is -2.35. The molecule has 2 atom stereocenters. The maximum Gasteiger partial charge on any atom is 0.229 e. The summed E-state index contributed by atoms with van der Waals surface area (Å²) >= 11 is 6.49. The fraction of sp³-hybridized carbons (Fsp3) is 0.545. The molecule has 0 aliphatic carbocycles. The minimum absolute atomic E-state index is 0.0249. The predicted molar refractivity (Wildman–Crippen MR) is 74.2 cm³/mol. The van der Waals surface area contributed by atoms with Crippen molar-refractivity contribution in [2.24, 2.45) is 11.8 Å². The van der Waals surface area contributed by atoms with Gasteiger partial charge in [-0.25, -0.2) is 9.97 Å². The third-order valence-electron chi connectivity index (χ3n) is 2.92. The standard InChI is InChI=1S/C11H13Br2N3O2/c1-6-5-18-3-2-7(6)11(17)16-10-9(13)15-8(12)4-14-10/h4,6-7H,2-3,5H2,1H3,(H,14,16,17). The first-order chi connectivity index (χ1) is 8.58. The number of hydrogen-bond donors (Lipinski definition) is 1. The van der Waals surface area contributed by atoms with Crippen molar-refractivity contribution in [3.8, 4) is 0 Å². The fourth-order valence-corrected chi connectivity index (χ4v) is 2.82. The van der Waals surface area contributed by atoms with Crippen LogP contribution in [0.3, 0.4) is 0 Å². The van der Waals surface area contributed by atoms with Crippen molar-refractivity contribution < 1.29 is 9.53 Å². The molecule has 1 aliphatic rings. The summed E-state index contributed by atoms with van der Waals surface area (Å²) in [6.07, 6.45) is 2.29. The Hall–Kier alpha value is -0.530. The van der Waals surface area contributed by atoms with Gasteiger partial charge in [0.2, 0.25) is 5.91 Å². The molecule has 2 unspecified atom stereocenters. The summed E-state index contributed by atoms with van der Waals surface area (Å²) in [7, 11) is 0. The van der Waals surface area contributed by atoms with E-state index in [-0.39, 0.29) is 17.7 Å². The maximum absolute atomic E-state index is 12.1. The average Bonchev–Trinajstić information content (AvgIpc) is 2.33. The Bertz CT molecular complexity index is 456. The lowest BCUT2D eigenvalue weighted by atomic mass is 9.89. The van der Waals surface area contributed by atoms with E-state index in [1.807, 2.05) is 6.92 Å². The Morgan fingerprint density at radius 2 is 2.33 bits per heavy atom. The number of nitrogens with one attached hydrogen (secondary N) is 1. The predicted octanol–water partition coefficient (Wildman–Crippen LogP) is 2.61. The van der Waals surface area contributed by atoms with E-state index in [9.17, 15) is 4.79 Å². The molecule has 1 aromatic rings. The maximum atomic E-state index is 12.1. The van der Waals surface area contributed by atoms with Crippen molar-refractivity contribution in [3.63, 3.8) is 0 Å². The molecule has 0 bridgehead atoms. The van der Waals surface area contributed by atoms with Crippen LogP contribution in [0.15, 0.2) is 15.4 Å². The lowest BCUT2D eigenvalue weighted by molar-refractivity contribution is -0.125. The van der Waals surface area contributed by atoms with E-state index in [0.29, 0.717) is 28.2 Å². The number of halogens is 2. The molecule has 1 aliphatic heterocycles. The molecule has 1 aromatic heterocycles. The zero-order valence-electron chi connectivity index (χ0n) is 9.82. The van der Waals surface area contributed by atoms with Gasteiger partial charge in [-0.2, -0.15) is 0 Å². The molecule has 7 heteroatoms. The molecule has 1 amide bonds. The minimum Gasteiger partial charge on any atom is -0.381 e. The van der Waals surface area contributed by atoms with Crippen LogP contribution < -0.4 is 5.32 Å². The van der Waals surface area contributed by atoms with Gasteiger partial charge in [0.15, 0.2) is 5.82 Å². The Morgan fingerprint density at radius 3 is 3.00 bits per heavy atom. The highest BCUT2D eigenvalue weighted by Gasteiger charge is 2.29. The van der Waals surface area contributed by atoms with Crippen molar-refractivity contribution in [2.45, 2.75) is 13.3 Å². The molecule has 0 aromatic carbocycles. The van der Waals surface area contributed by atoms with E-state index in [1.165, 1.54) is 0 Å². The number of carbonyl (C=O) groups is 1. The van der Waals surface area contributed by atoms with Gasteiger partial charge in [0.25, 0.3) is 0 Å². The first kappa shape index (κ1) is 13.9. The fourth-order valence-electron chi connectivity index (χ4n) is 1.91. The van der Waals surface area contributed by atoms with Crippen LogP contribution in [0, 0.1) is 11.8 Å². The highest BCUT2D eigenvalue weighted by atomic mass is 79.9. The summed E-state index contributed by atoms with van der Waals surface area (Å²) in [6, 6.07) is 0. The summed E-state index contributed by atoms with van der Waals surface area (Å²) < 4.78 is 6.46. The highest BCUT2D eigenvalue weighted by Crippen LogP contribution is 2.25. The van der Waals surface area contributed by atoms with Gasteiger partial charge in [-0.15, -0.1) is 0 Å². The van der Waals surface area contributed by atoms with Crippen molar-refractivity contribution in [3.05, 3.63) is 15.4 Å². The highest BCUT2D eigenvalue weighted by molar-refractivity contribution is 9.11. The van der Waals surface area contributed by atoms with Crippen LogP contribution in [0.4, 0.5) is 5.82 Å². The Morgan fingerprint density at radius 1 is 1.56 bits per heavy atom. The number of anilines is 1. The second kappa shape index (κ2) is 6.08. The van der Waals surface area contributed by atoms with E-state index in [0.717, 1.165) is 6.42 Å². The molecule has 1 N–H and O–H groups in total. The van der Waals surface area contributed by atoms with Crippen LogP contribution in [0.1, 0.15) is 13.3 Å². The second-order valence-corrected chi connectivity index (χ2v) is 5.83. The van der Waals surface area contributed by atoms with Gasteiger partial charge >= 0.3 is 0 Å². The number of carbonyl (C=O) groups excluding carboxylic acids is 1. The molecular weight excluding hydrogens is 366 g/mol. The molecule has 0 spiro atoms. The van der Waals surface area contributed by atoms with Gasteiger partial charge in [0, 0.05) is 19.1 Å². The molecular formula is C11H13Br2N3O2. The zero-order valence-corrected chi connectivity index (χ0v) is 13.0. The van der Waals surface area contributed by atoms with Gasteiger partial charge in [0.05, 0.1) is 6.20 Å². The summed E-state index contributed by atoms with van der Waals surface area (Å²) in [5, 5.41) is 2.80. The van der Waals surface area contributed by atoms with E-state index in [4.69, 9.17) is 4.74 Å². The van der Waals surface area contributed by atoms with Gasteiger partial charge in [0.1, 0.15) is 9.21 Å². The third kappa shape index (κ3) is 3.27. The number of nitrogens with zero attached hydrogens (tertiary/aromatic N) is 2. The van der Waals surface area contributed by atoms with Gasteiger partial charge < -0.3 is 10.1 Å². The van der Waals surface area contributed by atoms with Crippen molar-refractivity contribution >= 4 is 43.6 Å². The monoisotopic (exact) mass is 377 g/mol.